The van der Waals surface area contributed by atoms with Gasteiger partial charge in [-0.05, 0) is 24.3 Å². The van der Waals surface area contributed by atoms with E-state index in [4.69, 9.17) is 9.47 Å². The molecule has 154 valence electrons. The van der Waals surface area contributed by atoms with E-state index in [-0.39, 0.29) is 12.1 Å². The van der Waals surface area contributed by atoms with Crippen LogP contribution in [0.5, 0.6) is 0 Å². The van der Waals surface area contributed by atoms with Crippen molar-refractivity contribution >= 4 is 12.1 Å². The number of esters is 1. The Hall–Kier alpha value is -2.12. The number of amides is 1. The first-order chi connectivity index (χ1) is 13.6. The minimum atomic E-state index is -0.210. The average Bonchev–Trinajstić information content (AvgIpc) is 2.74. The van der Waals surface area contributed by atoms with Crippen LogP contribution in [0.4, 0.5) is 4.79 Å². The number of nitrogens with zero attached hydrogens (tertiary/aromatic N) is 3. The molecule has 7 nitrogen and oxygen atoms in total. The molecule has 0 N–H and O–H groups in total. The van der Waals surface area contributed by atoms with Crippen LogP contribution in [0.25, 0.3) is 0 Å². The zero-order valence-corrected chi connectivity index (χ0v) is 16.7. The lowest BCUT2D eigenvalue weighted by Gasteiger charge is -2.38. The number of rotatable bonds is 6. The maximum atomic E-state index is 12.3. The number of benzene rings is 1. The molecule has 7 heteroatoms. The van der Waals surface area contributed by atoms with Crippen molar-refractivity contribution in [3.63, 3.8) is 0 Å². The maximum absolute atomic E-state index is 12.3. The van der Waals surface area contributed by atoms with E-state index in [0.29, 0.717) is 19.1 Å². The van der Waals surface area contributed by atoms with Gasteiger partial charge >= 0.3 is 12.1 Å². The Morgan fingerprint density at radius 1 is 0.964 bits per heavy atom. The van der Waals surface area contributed by atoms with Gasteiger partial charge in [0.1, 0.15) is 6.61 Å². The van der Waals surface area contributed by atoms with Gasteiger partial charge in [-0.1, -0.05) is 30.3 Å². The standard InChI is InChI=1S/C21H31N3O4/c1-27-20(25)16-23-13-11-22(12-14-23)15-18-7-9-24(10-8-18)21(26)28-17-19-5-3-2-4-6-19/h2-6,18H,7-17H2,1H3. The Morgan fingerprint density at radius 3 is 2.25 bits per heavy atom. The first-order valence-corrected chi connectivity index (χ1v) is 10.1. The fourth-order valence-corrected chi connectivity index (χ4v) is 3.85. The summed E-state index contributed by atoms with van der Waals surface area (Å²) in [6, 6.07) is 9.78. The largest absolute Gasteiger partial charge is 0.468 e. The lowest BCUT2D eigenvalue weighted by molar-refractivity contribution is -0.142. The minimum Gasteiger partial charge on any atom is -0.468 e. The second-order valence-corrected chi connectivity index (χ2v) is 7.62. The van der Waals surface area contributed by atoms with Gasteiger partial charge in [0.15, 0.2) is 0 Å². The highest BCUT2D eigenvalue weighted by Crippen LogP contribution is 2.20. The van der Waals surface area contributed by atoms with Gasteiger partial charge in [-0.15, -0.1) is 0 Å². The Bertz CT molecular complexity index is 624. The van der Waals surface area contributed by atoms with Crippen LogP contribution in [0.3, 0.4) is 0 Å². The Labute approximate surface area is 167 Å². The molecule has 0 radical (unpaired) electrons. The predicted octanol–water partition coefficient (Wildman–Crippen LogP) is 1.83. The summed E-state index contributed by atoms with van der Waals surface area (Å²) in [5.41, 5.74) is 1.01. The van der Waals surface area contributed by atoms with Crippen LogP contribution >= 0.6 is 0 Å². The quantitative estimate of drug-likeness (QED) is 0.692. The molecule has 28 heavy (non-hydrogen) atoms. The summed E-state index contributed by atoms with van der Waals surface area (Å²) in [5, 5.41) is 0. The van der Waals surface area contributed by atoms with Crippen molar-refractivity contribution in [2.24, 2.45) is 5.92 Å². The minimum absolute atomic E-state index is 0.167. The van der Waals surface area contributed by atoms with Crippen LogP contribution in [0.2, 0.25) is 0 Å². The molecule has 1 aromatic carbocycles. The van der Waals surface area contributed by atoms with E-state index >= 15 is 0 Å². The third-order valence-electron chi connectivity index (χ3n) is 5.64. The van der Waals surface area contributed by atoms with E-state index in [2.05, 4.69) is 9.80 Å². The molecule has 0 aliphatic carbocycles. The highest BCUT2D eigenvalue weighted by molar-refractivity contribution is 5.71. The van der Waals surface area contributed by atoms with E-state index in [1.165, 1.54) is 7.11 Å². The number of methoxy groups -OCH3 is 1. The number of ether oxygens (including phenoxy) is 2. The number of carbonyl (C=O) groups excluding carboxylic acids is 2. The summed E-state index contributed by atoms with van der Waals surface area (Å²) < 4.78 is 10.2. The van der Waals surface area contributed by atoms with E-state index in [9.17, 15) is 9.59 Å². The summed E-state index contributed by atoms with van der Waals surface area (Å²) >= 11 is 0. The molecule has 3 rings (SSSR count). The van der Waals surface area contributed by atoms with Gasteiger partial charge in [-0.25, -0.2) is 4.79 Å². The highest BCUT2D eigenvalue weighted by atomic mass is 16.6. The molecular formula is C21H31N3O4. The van der Waals surface area contributed by atoms with Gasteiger partial charge in [0.05, 0.1) is 13.7 Å². The molecule has 0 saturated carbocycles. The second kappa shape index (κ2) is 10.4. The van der Waals surface area contributed by atoms with Crippen molar-refractivity contribution in [1.82, 2.24) is 14.7 Å². The first kappa shape index (κ1) is 20.6. The van der Waals surface area contributed by atoms with E-state index in [0.717, 1.165) is 64.2 Å². The van der Waals surface area contributed by atoms with Crippen molar-refractivity contribution in [1.29, 1.82) is 0 Å². The van der Waals surface area contributed by atoms with E-state index < -0.39 is 0 Å². The van der Waals surface area contributed by atoms with Crippen molar-refractivity contribution in [3.05, 3.63) is 35.9 Å². The molecule has 0 unspecified atom stereocenters. The molecule has 2 fully saturated rings. The van der Waals surface area contributed by atoms with Crippen molar-refractivity contribution in [2.45, 2.75) is 19.4 Å². The van der Waals surface area contributed by atoms with E-state index in [1.807, 2.05) is 35.2 Å². The first-order valence-electron chi connectivity index (χ1n) is 10.1. The molecule has 2 heterocycles. The molecular weight excluding hydrogens is 358 g/mol. The second-order valence-electron chi connectivity index (χ2n) is 7.62. The molecule has 0 bridgehead atoms. The summed E-state index contributed by atoms with van der Waals surface area (Å²) in [5.74, 6) is 0.449. The SMILES string of the molecule is COC(=O)CN1CCN(CC2CCN(C(=O)OCc3ccccc3)CC2)CC1. The lowest BCUT2D eigenvalue weighted by atomic mass is 9.96. The fourth-order valence-electron chi connectivity index (χ4n) is 3.85. The fraction of sp³-hybridized carbons (Fsp3) is 0.619. The molecule has 2 saturated heterocycles. The Balaban J connectivity index is 1.32. The maximum Gasteiger partial charge on any atom is 0.410 e. The highest BCUT2D eigenvalue weighted by Gasteiger charge is 2.27. The van der Waals surface area contributed by atoms with Crippen LogP contribution in [0.1, 0.15) is 18.4 Å². The monoisotopic (exact) mass is 389 g/mol. The van der Waals surface area contributed by atoms with E-state index in [1.54, 1.807) is 0 Å². The average molecular weight is 389 g/mol. The molecule has 2 aliphatic heterocycles. The topological polar surface area (TPSA) is 62.3 Å². The molecule has 1 aromatic rings. The normalized spacial score (nSPS) is 19.4. The number of piperazine rings is 1. The third-order valence-corrected chi connectivity index (χ3v) is 5.64. The van der Waals surface area contributed by atoms with Gasteiger partial charge in [0.2, 0.25) is 0 Å². The summed E-state index contributed by atoms with van der Waals surface area (Å²) in [7, 11) is 1.43. The number of likely N-dealkylation sites (tertiary alicyclic amines) is 1. The number of hydrogen-bond acceptors (Lipinski definition) is 6. The summed E-state index contributed by atoms with van der Waals surface area (Å²) in [6.45, 7) is 7.08. The van der Waals surface area contributed by atoms with Gasteiger partial charge < -0.3 is 19.3 Å². The predicted molar refractivity (Wildman–Crippen MR) is 106 cm³/mol. The van der Waals surface area contributed by atoms with Crippen molar-refractivity contribution in [3.8, 4) is 0 Å². The van der Waals surface area contributed by atoms with Gasteiger partial charge in [0, 0.05) is 45.8 Å². The Kier molecular flexibility index (Phi) is 7.68. The van der Waals surface area contributed by atoms with Crippen LogP contribution in [-0.2, 0) is 20.9 Å². The molecule has 0 aromatic heterocycles. The number of piperidine rings is 1. The summed E-state index contributed by atoms with van der Waals surface area (Å²) in [6.07, 6.45) is 1.82. The van der Waals surface area contributed by atoms with Crippen LogP contribution in [0, 0.1) is 5.92 Å². The third kappa shape index (κ3) is 6.21. The Morgan fingerprint density at radius 2 is 1.61 bits per heavy atom. The zero-order valence-electron chi connectivity index (χ0n) is 16.7. The molecule has 2 aliphatic rings. The number of hydrogen-bond donors (Lipinski definition) is 0. The lowest BCUT2D eigenvalue weighted by Crippen LogP contribution is -2.50. The van der Waals surface area contributed by atoms with Crippen molar-refractivity contribution in [2.75, 3.05) is 59.5 Å². The van der Waals surface area contributed by atoms with Crippen LogP contribution in [-0.4, -0.2) is 86.2 Å². The number of carbonyl (C=O) groups is 2. The molecule has 0 atom stereocenters. The summed E-state index contributed by atoms with van der Waals surface area (Å²) in [4.78, 5) is 30.1. The van der Waals surface area contributed by atoms with Crippen LogP contribution in [0.15, 0.2) is 30.3 Å². The molecule has 0 spiro atoms. The van der Waals surface area contributed by atoms with Gasteiger partial charge in [0.25, 0.3) is 0 Å². The van der Waals surface area contributed by atoms with Crippen LogP contribution < -0.4 is 0 Å². The zero-order chi connectivity index (χ0) is 19.8. The molecule has 1 amide bonds. The van der Waals surface area contributed by atoms with Crippen molar-refractivity contribution < 1.29 is 19.1 Å². The van der Waals surface area contributed by atoms with Gasteiger partial charge in [-0.3, -0.25) is 9.69 Å². The van der Waals surface area contributed by atoms with Gasteiger partial charge in [-0.2, -0.15) is 0 Å². The smallest absolute Gasteiger partial charge is 0.410 e.